The molecule has 152 valence electrons. The maximum Gasteiger partial charge on any atom is 0.230 e. The summed E-state index contributed by atoms with van der Waals surface area (Å²) in [5.41, 5.74) is 3.19. The lowest BCUT2D eigenvalue weighted by Crippen LogP contribution is -2.26. The Bertz CT molecular complexity index is 985. The number of thioether (sulfide) groups is 1. The predicted octanol–water partition coefficient (Wildman–Crippen LogP) is 3.14. The molecule has 0 saturated heterocycles. The zero-order valence-electron chi connectivity index (χ0n) is 17.2. The largest absolute Gasteiger partial charge is 0.362 e. The molecule has 0 spiro atoms. The van der Waals surface area contributed by atoms with Gasteiger partial charge >= 0.3 is 0 Å². The van der Waals surface area contributed by atoms with Crippen LogP contribution < -0.4 is 10.2 Å². The minimum Gasteiger partial charge on any atom is -0.362 e. The second-order valence-corrected chi connectivity index (χ2v) is 7.75. The highest BCUT2D eigenvalue weighted by atomic mass is 32.2. The smallest absolute Gasteiger partial charge is 0.230 e. The van der Waals surface area contributed by atoms with Gasteiger partial charge in [0.05, 0.1) is 5.75 Å². The van der Waals surface area contributed by atoms with Gasteiger partial charge in [0, 0.05) is 44.5 Å². The summed E-state index contributed by atoms with van der Waals surface area (Å²) in [5.74, 6) is 1.92. The topological polar surface area (TPSA) is 75.9 Å². The van der Waals surface area contributed by atoms with E-state index in [0.29, 0.717) is 6.54 Å². The molecule has 2 heterocycles. The summed E-state index contributed by atoms with van der Waals surface area (Å²) in [7, 11) is 3.88. The van der Waals surface area contributed by atoms with Crippen molar-refractivity contribution in [2.75, 3.05) is 24.7 Å². The van der Waals surface area contributed by atoms with E-state index in [9.17, 15) is 4.79 Å². The lowest BCUT2D eigenvalue weighted by Gasteiger charge is -2.16. The first-order valence-electron chi connectivity index (χ1n) is 9.51. The summed E-state index contributed by atoms with van der Waals surface area (Å²) in [6.07, 6.45) is 1.75. The highest BCUT2D eigenvalue weighted by Gasteiger charge is 2.16. The molecule has 1 amide bonds. The Morgan fingerprint density at radius 1 is 1.17 bits per heavy atom. The first kappa shape index (κ1) is 20.9. The minimum absolute atomic E-state index is 0.0494. The van der Waals surface area contributed by atoms with E-state index >= 15 is 0 Å². The Morgan fingerprint density at radius 3 is 2.69 bits per heavy atom. The molecule has 0 unspecified atom stereocenters. The van der Waals surface area contributed by atoms with Gasteiger partial charge in [-0.1, -0.05) is 42.1 Å². The van der Waals surface area contributed by atoms with Crippen LogP contribution in [-0.4, -0.2) is 45.5 Å². The van der Waals surface area contributed by atoms with Crippen molar-refractivity contribution in [1.29, 1.82) is 0 Å². The van der Waals surface area contributed by atoms with Crippen molar-refractivity contribution in [2.45, 2.75) is 32.1 Å². The molecule has 29 heavy (non-hydrogen) atoms. The molecule has 0 saturated carbocycles. The molecule has 8 heteroatoms. The van der Waals surface area contributed by atoms with Crippen LogP contribution in [0.1, 0.15) is 18.1 Å². The van der Waals surface area contributed by atoms with Gasteiger partial charge in [0.1, 0.15) is 5.82 Å². The summed E-state index contributed by atoms with van der Waals surface area (Å²) in [6, 6.07) is 12.0. The van der Waals surface area contributed by atoms with Gasteiger partial charge in [0.15, 0.2) is 11.0 Å². The highest BCUT2D eigenvalue weighted by molar-refractivity contribution is 7.99. The lowest BCUT2D eigenvalue weighted by molar-refractivity contribution is -0.118. The first-order chi connectivity index (χ1) is 14.0. The van der Waals surface area contributed by atoms with Crippen LogP contribution in [0.2, 0.25) is 0 Å². The van der Waals surface area contributed by atoms with Crippen molar-refractivity contribution in [3.05, 3.63) is 53.7 Å². The molecule has 7 nitrogen and oxygen atoms in total. The molecule has 2 aromatic heterocycles. The number of carbonyl (C=O) groups excluding carboxylic acids is 1. The summed E-state index contributed by atoms with van der Waals surface area (Å²) >= 11 is 1.40. The van der Waals surface area contributed by atoms with Crippen LogP contribution in [0.4, 0.5) is 5.82 Å². The van der Waals surface area contributed by atoms with Crippen molar-refractivity contribution < 1.29 is 4.79 Å². The van der Waals surface area contributed by atoms with Gasteiger partial charge < -0.3 is 14.8 Å². The molecule has 0 aliphatic rings. The van der Waals surface area contributed by atoms with Crippen molar-refractivity contribution in [3.8, 4) is 11.4 Å². The molecule has 3 rings (SSSR count). The number of hydrogen-bond acceptors (Lipinski definition) is 6. The summed E-state index contributed by atoms with van der Waals surface area (Å²) in [4.78, 5) is 18.7. The van der Waals surface area contributed by atoms with Gasteiger partial charge in [-0.2, -0.15) is 0 Å². The Kier molecular flexibility index (Phi) is 6.87. The van der Waals surface area contributed by atoms with Gasteiger partial charge in [-0.3, -0.25) is 4.79 Å². The second-order valence-electron chi connectivity index (χ2n) is 6.81. The fourth-order valence-electron chi connectivity index (χ4n) is 3.05. The number of nitrogens with zero attached hydrogens (tertiary/aromatic N) is 5. The van der Waals surface area contributed by atoms with Crippen LogP contribution in [0.5, 0.6) is 0 Å². The monoisotopic (exact) mass is 410 g/mol. The standard InChI is InChI=1S/C21H26N6OS/c1-5-27-20(17-11-7-6-9-15(17)2)24-25-21(27)29-14-18(28)23-13-16-10-8-12-22-19(16)26(3)4/h6-12H,5,13-14H2,1-4H3,(H,23,28). The van der Waals surface area contributed by atoms with Crippen LogP contribution in [0.3, 0.4) is 0 Å². The van der Waals surface area contributed by atoms with Crippen LogP contribution in [-0.2, 0) is 17.9 Å². The molecule has 0 bridgehead atoms. The number of aromatic nitrogens is 4. The molecular formula is C21H26N6OS. The number of amides is 1. The van der Waals surface area contributed by atoms with Crippen LogP contribution in [0.25, 0.3) is 11.4 Å². The van der Waals surface area contributed by atoms with E-state index in [1.807, 2.05) is 53.9 Å². The zero-order valence-corrected chi connectivity index (χ0v) is 18.0. The van der Waals surface area contributed by atoms with Gasteiger partial charge in [0.25, 0.3) is 0 Å². The van der Waals surface area contributed by atoms with E-state index in [-0.39, 0.29) is 11.7 Å². The van der Waals surface area contributed by atoms with E-state index in [1.54, 1.807) is 6.20 Å². The normalized spacial score (nSPS) is 10.8. The van der Waals surface area contributed by atoms with E-state index in [2.05, 4.69) is 40.4 Å². The average Bonchev–Trinajstić information content (AvgIpc) is 3.13. The van der Waals surface area contributed by atoms with Crippen molar-refractivity contribution >= 4 is 23.5 Å². The number of benzene rings is 1. The average molecular weight is 411 g/mol. The third-order valence-corrected chi connectivity index (χ3v) is 5.49. The molecule has 0 fully saturated rings. The molecular weight excluding hydrogens is 384 g/mol. The second kappa shape index (κ2) is 9.56. The summed E-state index contributed by atoms with van der Waals surface area (Å²) in [5, 5.41) is 12.4. The van der Waals surface area contributed by atoms with E-state index in [4.69, 9.17) is 0 Å². The lowest BCUT2D eigenvalue weighted by atomic mass is 10.1. The minimum atomic E-state index is -0.0494. The van der Waals surface area contributed by atoms with Gasteiger partial charge in [-0.25, -0.2) is 4.98 Å². The van der Waals surface area contributed by atoms with E-state index in [1.165, 1.54) is 11.8 Å². The molecule has 0 aliphatic carbocycles. The quantitative estimate of drug-likeness (QED) is 0.575. The molecule has 0 radical (unpaired) electrons. The number of nitrogens with one attached hydrogen (secondary N) is 1. The molecule has 1 aromatic carbocycles. The zero-order chi connectivity index (χ0) is 20.8. The van der Waals surface area contributed by atoms with Crippen LogP contribution >= 0.6 is 11.8 Å². The van der Waals surface area contributed by atoms with Gasteiger partial charge in [-0.15, -0.1) is 10.2 Å². The Morgan fingerprint density at radius 2 is 1.97 bits per heavy atom. The Balaban J connectivity index is 1.63. The Labute approximate surface area is 175 Å². The number of rotatable bonds is 8. The number of aryl methyl sites for hydroxylation is 1. The van der Waals surface area contributed by atoms with E-state index in [0.717, 1.165) is 40.0 Å². The maximum absolute atomic E-state index is 12.4. The SMILES string of the molecule is CCn1c(SCC(=O)NCc2cccnc2N(C)C)nnc1-c1ccccc1C. The molecule has 0 aliphatic heterocycles. The van der Waals surface area contributed by atoms with Crippen LogP contribution in [0.15, 0.2) is 47.8 Å². The van der Waals surface area contributed by atoms with Crippen molar-refractivity contribution in [1.82, 2.24) is 25.1 Å². The van der Waals surface area contributed by atoms with Crippen LogP contribution in [0, 0.1) is 6.92 Å². The molecule has 1 N–H and O–H groups in total. The summed E-state index contributed by atoms with van der Waals surface area (Å²) in [6.45, 7) is 5.29. The third kappa shape index (κ3) is 4.95. The third-order valence-electron chi connectivity index (χ3n) is 4.52. The van der Waals surface area contributed by atoms with Gasteiger partial charge in [0.2, 0.25) is 5.91 Å². The number of hydrogen-bond donors (Lipinski definition) is 1. The van der Waals surface area contributed by atoms with Crippen molar-refractivity contribution in [2.24, 2.45) is 0 Å². The van der Waals surface area contributed by atoms with Gasteiger partial charge in [-0.05, 0) is 25.5 Å². The molecule has 3 aromatic rings. The highest BCUT2D eigenvalue weighted by Crippen LogP contribution is 2.26. The first-order valence-corrected chi connectivity index (χ1v) is 10.5. The number of carbonyl (C=O) groups is 1. The number of anilines is 1. The fraction of sp³-hybridized carbons (Fsp3) is 0.333. The fourth-order valence-corrected chi connectivity index (χ4v) is 3.88. The van der Waals surface area contributed by atoms with Crippen molar-refractivity contribution in [3.63, 3.8) is 0 Å². The Hall–Kier alpha value is -2.87. The predicted molar refractivity (Wildman–Crippen MR) is 117 cm³/mol. The summed E-state index contributed by atoms with van der Waals surface area (Å²) < 4.78 is 2.05. The van der Waals surface area contributed by atoms with E-state index < -0.39 is 0 Å². The number of pyridine rings is 1. The molecule has 0 atom stereocenters. The maximum atomic E-state index is 12.4.